The van der Waals surface area contributed by atoms with Crippen molar-refractivity contribution in [3.05, 3.63) is 59.7 Å². The molecule has 126 valence electrons. The van der Waals surface area contributed by atoms with Crippen molar-refractivity contribution in [1.29, 1.82) is 0 Å². The molecule has 5 heteroatoms. The Bertz CT molecular complexity index is 889. The zero-order valence-corrected chi connectivity index (χ0v) is 14.9. The van der Waals surface area contributed by atoms with E-state index < -0.39 is 9.84 Å². The van der Waals surface area contributed by atoms with E-state index in [0.717, 1.165) is 12.7 Å². The minimum atomic E-state index is -3.38. The topological polar surface area (TPSA) is 54.5 Å². The number of hydrogen-bond acceptors (Lipinski definition) is 3. The first kappa shape index (κ1) is 16.7. The summed E-state index contributed by atoms with van der Waals surface area (Å²) in [7, 11) is -1.73. The van der Waals surface area contributed by atoms with Gasteiger partial charge in [0.05, 0.1) is 10.6 Å². The molecule has 0 radical (unpaired) electrons. The van der Waals surface area contributed by atoms with Crippen molar-refractivity contribution in [3.8, 4) is 0 Å². The molecular weight excluding hydrogens is 322 g/mol. The van der Waals surface area contributed by atoms with E-state index in [-0.39, 0.29) is 22.6 Å². The van der Waals surface area contributed by atoms with Crippen LogP contribution < -0.4 is 4.90 Å². The molecule has 1 saturated carbocycles. The summed E-state index contributed by atoms with van der Waals surface area (Å²) in [5.74, 6) is 0.120. The molecule has 0 aromatic heterocycles. The lowest BCUT2D eigenvalue weighted by molar-refractivity contribution is -0.119. The molecule has 1 aliphatic carbocycles. The number of carbonyl (C=O) groups excluding carboxylic acids is 1. The standard InChI is InChI=1S/C19H21NO3S/c1-13-8-4-5-9-14(13)15-12-16(15)19(21)20(2)17-10-6-7-11-18(17)24(3,22)23/h4-11,15-16H,12H2,1-3H3/t15-,16-/m0/s1. The highest BCUT2D eigenvalue weighted by Crippen LogP contribution is 2.49. The van der Waals surface area contributed by atoms with E-state index in [2.05, 4.69) is 19.1 Å². The van der Waals surface area contributed by atoms with Gasteiger partial charge in [-0.25, -0.2) is 8.42 Å². The van der Waals surface area contributed by atoms with Crippen molar-refractivity contribution in [2.75, 3.05) is 18.2 Å². The first-order valence-electron chi connectivity index (χ1n) is 7.93. The van der Waals surface area contributed by atoms with Gasteiger partial charge in [0.25, 0.3) is 0 Å². The fourth-order valence-corrected chi connectivity index (χ4v) is 4.14. The summed E-state index contributed by atoms with van der Waals surface area (Å²) in [5, 5.41) is 0. The zero-order valence-electron chi connectivity index (χ0n) is 14.1. The molecule has 0 heterocycles. The Morgan fingerprint density at radius 2 is 1.71 bits per heavy atom. The predicted octanol–water partition coefficient (Wildman–Crippen LogP) is 3.17. The van der Waals surface area contributed by atoms with Gasteiger partial charge < -0.3 is 4.90 Å². The molecule has 1 amide bonds. The lowest BCUT2D eigenvalue weighted by Crippen LogP contribution is -2.29. The fraction of sp³-hybridized carbons (Fsp3) is 0.316. The van der Waals surface area contributed by atoms with Gasteiger partial charge in [0.1, 0.15) is 0 Å². The second-order valence-corrected chi connectivity index (χ2v) is 8.43. The van der Waals surface area contributed by atoms with E-state index in [1.807, 2.05) is 12.1 Å². The number of anilines is 1. The molecular formula is C19H21NO3S. The lowest BCUT2D eigenvalue weighted by Gasteiger charge is -2.20. The molecule has 0 N–H and O–H groups in total. The second kappa shape index (κ2) is 6.06. The Kier molecular flexibility index (Phi) is 4.22. The summed E-state index contributed by atoms with van der Waals surface area (Å²) in [5.41, 5.74) is 2.85. The van der Waals surface area contributed by atoms with Crippen molar-refractivity contribution < 1.29 is 13.2 Å². The summed E-state index contributed by atoms with van der Waals surface area (Å²) < 4.78 is 23.9. The van der Waals surface area contributed by atoms with Crippen LogP contribution in [0.2, 0.25) is 0 Å². The van der Waals surface area contributed by atoms with Crippen LogP contribution in [-0.2, 0) is 14.6 Å². The van der Waals surface area contributed by atoms with Crippen molar-refractivity contribution >= 4 is 21.4 Å². The maximum absolute atomic E-state index is 12.8. The highest BCUT2D eigenvalue weighted by Gasteiger charge is 2.46. The van der Waals surface area contributed by atoms with Crippen LogP contribution in [0.15, 0.2) is 53.4 Å². The quantitative estimate of drug-likeness (QED) is 0.857. The summed E-state index contributed by atoms with van der Waals surface area (Å²) >= 11 is 0. The molecule has 2 atom stereocenters. The van der Waals surface area contributed by atoms with E-state index in [0.29, 0.717) is 5.69 Å². The van der Waals surface area contributed by atoms with Crippen molar-refractivity contribution in [2.45, 2.75) is 24.2 Å². The van der Waals surface area contributed by atoms with Crippen LogP contribution in [0.25, 0.3) is 0 Å². The van der Waals surface area contributed by atoms with Crippen LogP contribution >= 0.6 is 0 Å². The lowest BCUT2D eigenvalue weighted by atomic mass is 10.0. The molecule has 2 aromatic rings. The number of nitrogens with zero attached hydrogens (tertiary/aromatic N) is 1. The van der Waals surface area contributed by atoms with E-state index in [1.165, 1.54) is 16.0 Å². The van der Waals surface area contributed by atoms with Gasteiger partial charge in [0.15, 0.2) is 9.84 Å². The summed E-state index contributed by atoms with van der Waals surface area (Å²) in [6.45, 7) is 2.05. The van der Waals surface area contributed by atoms with Crippen LogP contribution in [0.4, 0.5) is 5.69 Å². The van der Waals surface area contributed by atoms with E-state index >= 15 is 0 Å². The molecule has 0 spiro atoms. The maximum atomic E-state index is 12.8. The molecule has 3 rings (SSSR count). The highest BCUT2D eigenvalue weighted by molar-refractivity contribution is 7.90. The number of hydrogen-bond donors (Lipinski definition) is 0. The molecule has 2 aromatic carbocycles. The van der Waals surface area contributed by atoms with Gasteiger partial charge in [-0.05, 0) is 42.5 Å². The second-order valence-electron chi connectivity index (χ2n) is 6.44. The molecule has 0 aliphatic heterocycles. The number of sulfone groups is 1. The SMILES string of the molecule is Cc1ccccc1[C@@H]1C[C@@H]1C(=O)N(C)c1ccccc1S(C)(=O)=O. The van der Waals surface area contributed by atoms with Gasteiger partial charge in [0.2, 0.25) is 5.91 Å². The van der Waals surface area contributed by atoms with Crippen molar-refractivity contribution in [2.24, 2.45) is 5.92 Å². The van der Waals surface area contributed by atoms with Crippen molar-refractivity contribution in [3.63, 3.8) is 0 Å². The Morgan fingerprint density at radius 3 is 2.38 bits per heavy atom. The molecule has 24 heavy (non-hydrogen) atoms. The number of carbonyl (C=O) groups is 1. The van der Waals surface area contributed by atoms with E-state index in [4.69, 9.17) is 0 Å². The minimum Gasteiger partial charge on any atom is -0.314 e. The van der Waals surface area contributed by atoms with Gasteiger partial charge in [-0.3, -0.25) is 4.79 Å². The summed E-state index contributed by atoms with van der Waals surface area (Å²) in [6, 6.07) is 14.7. The van der Waals surface area contributed by atoms with Gasteiger partial charge in [-0.15, -0.1) is 0 Å². The summed E-state index contributed by atoms with van der Waals surface area (Å²) in [4.78, 5) is 14.5. The number of para-hydroxylation sites is 1. The minimum absolute atomic E-state index is 0.0284. The molecule has 4 nitrogen and oxygen atoms in total. The number of aryl methyl sites for hydroxylation is 1. The molecule has 0 unspecified atom stereocenters. The van der Waals surface area contributed by atoms with Crippen molar-refractivity contribution in [1.82, 2.24) is 0 Å². The third kappa shape index (κ3) is 3.08. The number of amides is 1. The Labute approximate surface area is 143 Å². The average molecular weight is 343 g/mol. The van der Waals surface area contributed by atoms with Gasteiger partial charge >= 0.3 is 0 Å². The Morgan fingerprint density at radius 1 is 1.08 bits per heavy atom. The summed E-state index contributed by atoms with van der Waals surface area (Å²) in [6.07, 6.45) is 1.98. The van der Waals surface area contributed by atoms with Gasteiger partial charge in [0, 0.05) is 19.2 Å². The molecule has 1 aliphatic rings. The normalized spacial score (nSPS) is 19.8. The Balaban J connectivity index is 1.84. The third-order valence-electron chi connectivity index (χ3n) is 4.65. The third-order valence-corrected chi connectivity index (χ3v) is 5.80. The first-order chi connectivity index (χ1) is 11.3. The average Bonchev–Trinajstić information content (AvgIpc) is 3.33. The van der Waals surface area contributed by atoms with Crippen LogP contribution in [0, 0.1) is 12.8 Å². The maximum Gasteiger partial charge on any atom is 0.230 e. The highest BCUT2D eigenvalue weighted by atomic mass is 32.2. The zero-order chi connectivity index (χ0) is 17.5. The predicted molar refractivity (Wildman–Crippen MR) is 95.0 cm³/mol. The fourth-order valence-electron chi connectivity index (χ4n) is 3.23. The van der Waals surface area contributed by atoms with Gasteiger partial charge in [-0.2, -0.15) is 0 Å². The smallest absolute Gasteiger partial charge is 0.230 e. The number of benzene rings is 2. The number of rotatable bonds is 4. The largest absolute Gasteiger partial charge is 0.314 e. The van der Waals surface area contributed by atoms with Crippen LogP contribution in [-0.4, -0.2) is 27.6 Å². The molecule has 0 saturated heterocycles. The van der Waals surface area contributed by atoms with Crippen LogP contribution in [0.1, 0.15) is 23.5 Å². The monoisotopic (exact) mass is 343 g/mol. The van der Waals surface area contributed by atoms with E-state index in [1.54, 1.807) is 31.3 Å². The molecule has 1 fully saturated rings. The van der Waals surface area contributed by atoms with Crippen LogP contribution in [0.3, 0.4) is 0 Å². The van der Waals surface area contributed by atoms with Gasteiger partial charge in [-0.1, -0.05) is 36.4 Å². The first-order valence-corrected chi connectivity index (χ1v) is 9.82. The molecule has 0 bridgehead atoms. The Hall–Kier alpha value is -2.14. The van der Waals surface area contributed by atoms with E-state index in [9.17, 15) is 13.2 Å². The van der Waals surface area contributed by atoms with Crippen LogP contribution in [0.5, 0.6) is 0 Å².